The fraction of sp³-hybridized carbons (Fsp3) is 0.409. The van der Waals surface area contributed by atoms with Gasteiger partial charge in [-0.3, -0.25) is 4.79 Å². The molecule has 9 heteroatoms. The molecule has 0 bridgehead atoms. The summed E-state index contributed by atoms with van der Waals surface area (Å²) in [5.74, 6) is 0.276. The highest BCUT2D eigenvalue weighted by molar-refractivity contribution is 7.88. The fourth-order valence-corrected chi connectivity index (χ4v) is 5.63. The second-order valence-electron chi connectivity index (χ2n) is 7.65. The van der Waals surface area contributed by atoms with Crippen LogP contribution in [-0.4, -0.2) is 38.8 Å². The second-order valence-corrected chi connectivity index (χ2v) is 10.4. The summed E-state index contributed by atoms with van der Waals surface area (Å²) in [5.41, 5.74) is 1.49. The van der Waals surface area contributed by atoms with Crippen molar-refractivity contribution in [1.82, 2.24) is 9.62 Å². The van der Waals surface area contributed by atoms with Gasteiger partial charge in [-0.2, -0.15) is 0 Å². The number of methoxy groups -OCH3 is 1. The molecule has 2 aromatic carbocycles. The van der Waals surface area contributed by atoms with E-state index in [2.05, 4.69) is 5.32 Å². The minimum absolute atomic E-state index is 0.0695. The quantitative estimate of drug-likeness (QED) is 0.630. The highest BCUT2D eigenvalue weighted by atomic mass is 35.5. The van der Waals surface area contributed by atoms with E-state index in [1.165, 1.54) is 4.31 Å². The summed E-state index contributed by atoms with van der Waals surface area (Å²) in [6, 6.07) is 12.2. The third kappa shape index (κ3) is 5.92. The lowest BCUT2D eigenvalue weighted by atomic mass is 9.96. The topological polar surface area (TPSA) is 75.7 Å². The standard InChI is InChI=1S/C22H26Cl2N2O4S/c1-15(18-5-3-4-6-21(18)30-2)25-22(27)17-9-11-26(12-10-17)31(28,29)14-16-7-8-19(23)20(24)13-16/h3-8,13,15,17H,9-12,14H2,1-2H3,(H,25,27)/t15-/m0/s1. The number of carbonyl (C=O) groups is 1. The van der Waals surface area contributed by atoms with Crippen molar-refractivity contribution < 1.29 is 17.9 Å². The lowest BCUT2D eigenvalue weighted by Gasteiger charge is -2.31. The predicted molar refractivity (Wildman–Crippen MR) is 123 cm³/mol. The van der Waals surface area contributed by atoms with Gasteiger partial charge in [-0.25, -0.2) is 12.7 Å². The van der Waals surface area contributed by atoms with Crippen molar-refractivity contribution in [2.24, 2.45) is 5.92 Å². The first-order chi connectivity index (χ1) is 14.7. The van der Waals surface area contributed by atoms with Gasteiger partial charge in [0.2, 0.25) is 15.9 Å². The van der Waals surface area contributed by atoms with Crippen molar-refractivity contribution in [3.63, 3.8) is 0 Å². The largest absolute Gasteiger partial charge is 0.496 e. The van der Waals surface area contributed by atoms with E-state index in [0.29, 0.717) is 41.5 Å². The maximum atomic E-state index is 12.8. The number of ether oxygens (including phenoxy) is 1. The molecule has 0 aromatic heterocycles. The Balaban J connectivity index is 1.56. The molecule has 1 fully saturated rings. The Labute approximate surface area is 193 Å². The Morgan fingerprint density at radius 2 is 1.84 bits per heavy atom. The number of nitrogens with one attached hydrogen (secondary N) is 1. The average Bonchev–Trinajstić information content (AvgIpc) is 2.76. The van der Waals surface area contributed by atoms with Crippen molar-refractivity contribution >= 4 is 39.1 Å². The van der Waals surface area contributed by atoms with Gasteiger partial charge in [0.15, 0.2) is 0 Å². The maximum absolute atomic E-state index is 12.8. The number of rotatable bonds is 7. The van der Waals surface area contributed by atoms with Crippen LogP contribution in [0.1, 0.15) is 36.9 Å². The molecule has 2 aromatic rings. The van der Waals surface area contributed by atoms with Gasteiger partial charge in [0.05, 0.1) is 28.9 Å². The first kappa shape index (κ1) is 23.9. The van der Waals surface area contributed by atoms with Crippen LogP contribution in [-0.2, 0) is 20.6 Å². The van der Waals surface area contributed by atoms with Gasteiger partial charge in [0.25, 0.3) is 0 Å². The zero-order valence-corrected chi connectivity index (χ0v) is 19.8. The van der Waals surface area contributed by atoms with Crippen LogP contribution in [0.3, 0.4) is 0 Å². The molecule has 1 heterocycles. The van der Waals surface area contributed by atoms with Gasteiger partial charge in [-0.15, -0.1) is 0 Å². The van der Waals surface area contributed by atoms with Crippen LogP contribution in [0, 0.1) is 5.92 Å². The van der Waals surface area contributed by atoms with Crippen molar-refractivity contribution in [1.29, 1.82) is 0 Å². The van der Waals surface area contributed by atoms with E-state index >= 15 is 0 Å². The van der Waals surface area contributed by atoms with Crippen LogP contribution < -0.4 is 10.1 Å². The van der Waals surface area contributed by atoms with E-state index in [1.54, 1.807) is 25.3 Å². The summed E-state index contributed by atoms with van der Waals surface area (Å²) in [5, 5.41) is 3.75. The molecule has 1 aliphatic heterocycles. The van der Waals surface area contributed by atoms with Crippen LogP contribution >= 0.6 is 23.2 Å². The van der Waals surface area contributed by atoms with Crippen molar-refractivity contribution in [3.8, 4) is 5.75 Å². The number of carbonyl (C=O) groups excluding carboxylic acids is 1. The molecule has 1 amide bonds. The Bertz CT molecular complexity index is 1040. The highest BCUT2D eigenvalue weighted by Gasteiger charge is 2.32. The molecule has 0 aliphatic carbocycles. The first-order valence-corrected chi connectivity index (χ1v) is 12.4. The predicted octanol–water partition coefficient (Wildman–Crippen LogP) is 4.42. The second kappa shape index (κ2) is 10.2. The number of benzene rings is 2. The number of para-hydroxylation sites is 1. The van der Waals surface area contributed by atoms with Gasteiger partial charge in [-0.05, 0) is 43.5 Å². The van der Waals surface area contributed by atoms with E-state index in [4.69, 9.17) is 27.9 Å². The Kier molecular flexibility index (Phi) is 7.86. The van der Waals surface area contributed by atoms with Crippen molar-refractivity contribution in [2.45, 2.75) is 31.6 Å². The molecule has 0 unspecified atom stereocenters. The van der Waals surface area contributed by atoms with Gasteiger partial charge in [0, 0.05) is 24.6 Å². The monoisotopic (exact) mass is 484 g/mol. The number of hydrogen-bond donors (Lipinski definition) is 1. The highest BCUT2D eigenvalue weighted by Crippen LogP contribution is 2.28. The van der Waals surface area contributed by atoms with Crippen LogP contribution in [0.4, 0.5) is 0 Å². The molecule has 1 saturated heterocycles. The number of piperidine rings is 1. The number of nitrogens with zero attached hydrogens (tertiary/aromatic N) is 1. The third-order valence-electron chi connectivity index (χ3n) is 5.52. The minimum atomic E-state index is -3.51. The van der Waals surface area contributed by atoms with E-state index in [9.17, 15) is 13.2 Å². The summed E-state index contributed by atoms with van der Waals surface area (Å²) in [7, 11) is -1.91. The molecule has 0 radical (unpaired) electrons. The average molecular weight is 485 g/mol. The lowest BCUT2D eigenvalue weighted by Crippen LogP contribution is -2.43. The van der Waals surface area contributed by atoms with Gasteiger partial charge < -0.3 is 10.1 Å². The molecule has 1 N–H and O–H groups in total. The molecule has 0 saturated carbocycles. The molecular weight excluding hydrogens is 459 g/mol. The molecule has 1 aliphatic rings. The zero-order valence-electron chi connectivity index (χ0n) is 17.5. The summed E-state index contributed by atoms with van der Waals surface area (Å²) in [4.78, 5) is 12.8. The Morgan fingerprint density at radius 1 is 1.16 bits per heavy atom. The molecule has 6 nitrogen and oxygen atoms in total. The molecule has 3 rings (SSSR count). The zero-order chi connectivity index (χ0) is 22.6. The van der Waals surface area contributed by atoms with Crippen LogP contribution in [0.25, 0.3) is 0 Å². The summed E-state index contributed by atoms with van der Waals surface area (Å²) in [6.07, 6.45) is 0.955. The van der Waals surface area contributed by atoms with E-state index in [-0.39, 0.29) is 23.6 Å². The first-order valence-electron chi connectivity index (χ1n) is 10.1. The van der Waals surface area contributed by atoms with E-state index in [0.717, 1.165) is 11.3 Å². The fourth-order valence-electron chi connectivity index (χ4n) is 3.76. The molecule has 0 spiro atoms. The van der Waals surface area contributed by atoms with Crippen LogP contribution in [0.2, 0.25) is 10.0 Å². The molecule has 31 heavy (non-hydrogen) atoms. The maximum Gasteiger partial charge on any atom is 0.223 e. The summed E-state index contributed by atoms with van der Waals surface area (Å²) >= 11 is 11.9. The SMILES string of the molecule is COc1ccccc1[C@H](C)NC(=O)C1CCN(S(=O)(=O)Cc2ccc(Cl)c(Cl)c2)CC1. The normalized spacial score (nSPS) is 16.6. The number of halogens is 2. The minimum Gasteiger partial charge on any atom is -0.496 e. The Hall–Kier alpha value is -1.80. The molecule has 1 atom stereocenters. The third-order valence-corrected chi connectivity index (χ3v) is 8.10. The van der Waals surface area contributed by atoms with E-state index in [1.807, 2.05) is 31.2 Å². The van der Waals surface area contributed by atoms with Gasteiger partial charge in [0.1, 0.15) is 5.75 Å². The van der Waals surface area contributed by atoms with Gasteiger partial charge >= 0.3 is 0 Å². The lowest BCUT2D eigenvalue weighted by molar-refractivity contribution is -0.126. The summed E-state index contributed by atoms with van der Waals surface area (Å²) in [6.45, 7) is 2.53. The smallest absolute Gasteiger partial charge is 0.223 e. The molecular formula is C22H26Cl2N2O4S. The van der Waals surface area contributed by atoms with Crippen molar-refractivity contribution in [2.75, 3.05) is 20.2 Å². The number of hydrogen-bond acceptors (Lipinski definition) is 4. The van der Waals surface area contributed by atoms with Gasteiger partial charge in [-0.1, -0.05) is 47.5 Å². The van der Waals surface area contributed by atoms with Crippen LogP contribution in [0.15, 0.2) is 42.5 Å². The Morgan fingerprint density at radius 3 is 2.48 bits per heavy atom. The summed E-state index contributed by atoms with van der Waals surface area (Å²) < 4.78 is 32.4. The number of sulfonamides is 1. The van der Waals surface area contributed by atoms with E-state index < -0.39 is 10.0 Å². The van der Waals surface area contributed by atoms with Crippen molar-refractivity contribution in [3.05, 3.63) is 63.6 Å². The number of amides is 1. The van der Waals surface area contributed by atoms with Crippen LogP contribution in [0.5, 0.6) is 5.75 Å². The molecule has 168 valence electrons.